The molecule has 0 radical (unpaired) electrons. The molecule has 0 saturated carbocycles. The van der Waals surface area contributed by atoms with Crippen molar-refractivity contribution in [1.29, 1.82) is 0 Å². The lowest BCUT2D eigenvalue weighted by Gasteiger charge is -2.31. The quantitative estimate of drug-likeness (QED) is 0.880. The minimum atomic E-state index is -0.0796. The molecule has 0 spiro atoms. The number of hydrogen-bond acceptors (Lipinski definition) is 6. The van der Waals surface area contributed by atoms with Crippen LogP contribution in [0.1, 0.15) is 52.6 Å². The molecule has 2 aromatic heterocycles. The fourth-order valence-electron chi connectivity index (χ4n) is 2.98. The Bertz CT molecular complexity index is 755. The molecule has 7 nitrogen and oxygen atoms in total. The van der Waals surface area contributed by atoms with E-state index >= 15 is 0 Å². The number of hydrogen-bond donors (Lipinski definition) is 1. The number of nitrogens with one attached hydrogen (secondary N) is 1. The van der Waals surface area contributed by atoms with Gasteiger partial charge in [-0.2, -0.15) is 0 Å². The summed E-state index contributed by atoms with van der Waals surface area (Å²) < 4.78 is 5.01. The summed E-state index contributed by atoms with van der Waals surface area (Å²) in [7, 11) is 0. The highest BCUT2D eigenvalue weighted by Gasteiger charge is 2.28. The van der Waals surface area contributed by atoms with E-state index in [1.807, 2.05) is 10.3 Å². The Labute approximate surface area is 150 Å². The van der Waals surface area contributed by atoms with Gasteiger partial charge >= 0.3 is 0 Å². The summed E-state index contributed by atoms with van der Waals surface area (Å²) in [6.45, 7) is 5.28. The number of carbonyl (C=O) groups excluding carboxylic acids is 2. The molecular formula is C17H22N4O3S. The van der Waals surface area contributed by atoms with Gasteiger partial charge in [0, 0.05) is 50.3 Å². The van der Waals surface area contributed by atoms with E-state index in [1.54, 1.807) is 24.3 Å². The monoisotopic (exact) mass is 362 g/mol. The molecule has 0 aliphatic carbocycles. The summed E-state index contributed by atoms with van der Waals surface area (Å²) in [5.41, 5.74) is 1.36. The molecular weight excluding hydrogens is 340 g/mol. The average molecular weight is 362 g/mol. The Kier molecular flexibility index (Phi) is 5.47. The van der Waals surface area contributed by atoms with Gasteiger partial charge in [0.2, 0.25) is 5.91 Å². The first kappa shape index (κ1) is 17.6. The SMILES string of the molecule is CC(=O)NCCc1csc([C@H]2CCCN(C(=O)c3cc(C)on3)C2)n1. The first-order chi connectivity index (χ1) is 12.0. The lowest BCUT2D eigenvalue weighted by Crippen LogP contribution is -2.39. The highest BCUT2D eigenvalue weighted by molar-refractivity contribution is 7.09. The molecule has 1 aliphatic heterocycles. The highest BCUT2D eigenvalue weighted by Crippen LogP contribution is 2.30. The van der Waals surface area contributed by atoms with Crippen LogP contribution in [-0.2, 0) is 11.2 Å². The largest absolute Gasteiger partial charge is 0.361 e. The van der Waals surface area contributed by atoms with Crippen LogP contribution < -0.4 is 5.32 Å². The Morgan fingerprint density at radius 2 is 2.32 bits per heavy atom. The van der Waals surface area contributed by atoms with Crippen molar-refractivity contribution in [1.82, 2.24) is 20.4 Å². The van der Waals surface area contributed by atoms with E-state index in [1.165, 1.54) is 6.92 Å². The number of aryl methyl sites for hydroxylation is 1. The van der Waals surface area contributed by atoms with Crippen LogP contribution in [0.2, 0.25) is 0 Å². The molecule has 25 heavy (non-hydrogen) atoms. The molecule has 1 aliphatic rings. The standard InChI is InChI=1S/C17H22N4O3S/c1-11-8-15(20-24-11)17(23)21-7-3-4-13(9-21)16-19-14(10-25-16)5-6-18-12(2)22/h8,10,13H,3-7,9H2,1-2H3,(H,18,22)/t13-/m0/s1. The highest BCUT2D eigenvalue weighted by atomic mass is 32.1. The van der Waals surface area contributed by atoms with E-state index in [-0.39, 0.29) is 17.7 Å². The number of piperidine rings is 1. The van der Waals surface area contributed by atoms with Gasteiger partial charge < -0.3 is 14.7 Å². The summed E-state index contributed by atoms with van der Waals surface area (Å²) in [5, 5.41) is 9.71. The van der Waals surface area contributed by atoms with E-state index in [2.05, 4.69) is 10.5 Å². The molecule has 1 N–H and O–H groups in total. The first-order valence-electron chi connectivity index (χ1n) is 8.44. The maximum atomic E-state index is 12.5. The fourth-order valence-corrected chi connectivity index (χ4v) is 3.97. The minimum absolute atomic E-state index is 0.0278. The van der Waals surface area contributed by atoms with Crippen LogP contribution in [0.3, 0.4) is 0 Å². The van der Waals surface area contributed by atoms with Gasteiger partial charge in [0.25, 0.3) is 5.91 Å². The van der Waals surface area contributed by atoms with E-state index in [9.17, 15) is 9.59 Å². The number of rotatable bonds is 5. The van der Waals surface area contributed by atoms with Crippen molar-refractivity contribution in [2.45, 2.75) is 39.0 Å². The molecule has 3 rings (SSSR count). The lowest BCUT2D eigenvalue weighted by molar-refractivity contribution is -0.118. The second-order valence-corrected chi connectivity index (χ2v) is 7.21. The second-order valence-electron chi connectivity index (χ2n) is 6.32. The molecule has 8 heteroatoms. The molecule has 2 amide bonds. The normalized spacial score (nSPS) is 17.5. The third kappa shape index (κ3) is 4.45. The lowest BCUT2D eigenvalue weighted by atomic mass is 9.98. The van der Waals surface area contributed by atoms with Gasteiger partial charge in [0.05, 0.1) is 10.7 Å². The molecule has 0 aromatic carbocycles. The van der Waals surface area contributed by atoms with Gasteiger partial charge in [-0.3, -0.25) is 9.59 Å². The van der Waals surface area contributed by atoms with E-state index in [4.69, 9.17) is 9.51 Å². The zero-order valence-corrected chi connectivity index (χ0v) is 15.3. The number of likely N-dealkylation sites (tertiary alicyclic amines) is 1. The molecule has 0 unspecified atom stereocenters. The van der Waals surface area contributed by atoms with Gasteiger partial charge in [-0.25, -0.2) is 4.98 Å². The predicted molar refractivity (Wildman–Crippen MR) is 93.6 cm³/mol. The second kappa shape index (κ2) is 7.77. The Morgan fingerprint density at radius 3 is 3.04 bits per heavy atom. The smallest absolute Gasteiger partial charge is 0.276 e. The van der Waals surface area contributed by atoms with Gasteiger partial charge in [0.1, 0.15) is 5.76 Å². The number of amides is 2. The van der Waals surface area contributed by atoms with Crippen molar-refractivity contribution in [3.63, 3.8) is 0 Å². The summed E-state index contributed by atoms with van der Waals surface area (Å²) in [4.78, 5) is 30.0. The topological polar surface area (TPSA) is 88.3 Å². The molecule has 1 fully saturated rings. The van der Waals surface area contributed by atoms with Crippen LogP contribution in [0, 0.1) is 6.92 Å². The van der Waals surface area contributed by atoms with Crippen LogP contribution in [0.25, 0.3) is 0 Å². The summed E-state index contributed by atoms with van der Waals surface area (Å²) in [6.07, 6.45) is 2.71. The summed E-state index contributed by atoms with van der Waals surface area (Å²) in [6, 6.07) is 1.68. The molecule has 2 aromatic rings. The average Bonchev–Trinajstić information content (AvgIpc) is 3.23. The summed E-state index contributed by atoms with van der Waals surface area (Å²) in [5.74, 6) is 0.787. The van der Waals surface area contributed by atoms with Gasteiger partial charge in [-0.05, 0) is 19.8 Å². The number of aromatic nitrogens is 2. The van der Waals surface area contributed by atoms with Crippen LogP contribution >= 0.6 is 11.3 Å². The molecule has 3 heterocycles. The zero-order valence-electron chi connectivity index (χ0n) is 14.4. The van der Waals surface area contributed by atoms with Crippen LogP contribution in [-0.4, -0.2) is 46.5 Å². The van der Waals surface area contributed by atoms with Gasteiger partial charge in [-0.1, -0.05) is 5.16 Å². The van der Waals surface area contributed by atoms with Gasteiger partial charge in [0.15, 0.2) is 5.69 Å². The van der Waals surface area contributed by atoms with Crippen LogP contribution in [0.4, 0.5) is 0 Å². The minimum Gasteiger partial charge on any atom is -0.361 e. The van der Waals surface area contributed by atoms with E-state index in [0.29, 0.717) is 24.5 Å². The fraction of sp³-hybridized carbons (Fsp3) is 0.529. The van der Waals surface area contributed by atoms with Crippen molar-refractivity contribution in [3.8, 4) is 0 Å². The van der Waals surface area contributed by atoms with Crippen LogP contribution in [0.15, 0.2) is 16.0 Å². The Balaban J connectivity index is 1.60. The number of thiazole rings is 1. The maximum absolute atomic E-state index is 12.5. The third-order valence-electron chi connectivity index (χ3n) is 4.23. The van der Waals surface area contributed by atoms with Crippen molar-refractivity contribution >= 4 is 23.2 Å². The van der Waals surface area contributed by atoms with Crippen molar-refractivity contribution in [3.05, 3.63) is 33.6 Å². The third-order valence-corrected chi connectivity index (χ3v) is 5.29. The van der Waals surface area contributed by atoms with Gasteiger partial charge in [-0.15, -0.1) is 11.3 Å². The Hall–Kier alpha value is -2.22. The molecule has 0 bridgehead atoms. The predicted octanol–water partition coefficient (Wildman–Crippen LogP) is 2.14. The molecule has 1 atom stereocenters. The van der Waals surface area contributed by atoms with Crippen molar-refractivity contribution < 1.29 is 14.1 Å². The molecule has 1 saturated heterocycles. The van der Waals surface area contributed by atoms with E-state index < -0.39 is 0 Å². The van der Waals surface area contributed by atoms with Crippen LogP contribution in [0.5, 0.6) is 0 Å². The zero-order chi connectivity index (χ0) is 17.8. The maximum Gasteiger partial charge on any atom is 0.276 e. The Morgan fingerprint density at radius 1 is 1.48 bits per heavy atom. The molecule has 134 valence electrons. The number of carbonyl (C=O) groups is 2. The first-order valence-corrected chi connectivity index (χ1v) is 9.32. The number of nitrogens with zero attached hydrogens (tertiary/aromatic N) is 3. The van der Waals surface area contributed by atoms with Crippen molar-refractivity contribution in [2.24, 2.45) is 0 Å². The van der Waals surface area contributed by atoms with Crippen molar-refractivity contribution in [2.75, 3.05) is 19.6 Å². The van der Waals surface area contributed by atoms with E-state index in [0.717, 1.165) is 36.5 Å². The summed E-state index contributed by atoms with van der Waals surface area (Å²) >= 11 is 1.63.